The van der Waals surface area contributed by atoms with Gasteiger partial charge >= 0.3 is 0 Å². The van der Waals surface area contributed by atoms with Gasteiger partial charge in [-0.25, -0.2) is 0 Å². The molecule has 0 fully saturated rings. The lowest BCUT2D eigenvalue weighted by Gasteiger charge is -2.14. The van der Waals surface area contributed by atoms with Gasteiger partial charge in [0, 0.05) is 23.7 Å². The first-order valence-electron chi connectivity index (χ1n) is 6.70. The number of para-hydroxylation sites is 2. The Kier molecular flexibility index (Phi) is 3.22. The van der Waals surface area contributed by atoms with E-state index in [1.165, 1.54) is 0 Å². The molecule has 1 heterocycles. The Hall–Kier alpha value is -2.60. The van der Waals surface area contributed by atoms with Crippen molar-refractivity contribution in [2.45, 2.75) is 19.4 Å². The lowest BCUT2D eigenvalue weighted by molar-refractivity contribution is 0.689. The summed E-state index contributed by atoms with van der Waals surface area (Å²) in [5.74, 6) is 0. The lowest BCUT2D eigenvalue weighted by Crippen LogP contribution is -2.11. The fraction of sp³-hybridized carbons (Fsp3) is 0.176. The van der Waals surface area contributed by atoms with Gasteiger partial charge in [-0.3, -0.25) is 4.79 Å². The number of nitrogens with zero attached hydrogens (tertiary/aromatic N) is 2. The highest BCUT2D eigenvalue weighted by atomic mass is 16.1. The molecule has 0 amide bonds. The highest BCUT2D eigenvalue weighted by molar-refractivity contribution is 5.93. The van der Waals surface area contributed by atoms with E-state index in [9.17, 15) is 4.79 Å². The maximum absolute atomic E-state index is 12.5. The van der Waals surface area contributed by atoms with E-state index in [2.05, 4.69) is 10.6 Å². The van der Waals surface area contributed by atoms with Gasteiger partial charge in [-0.05, 0) is 30.7 Å². The van der Waals surface area contributed by atoms with E-state index in [4.69, 9.17) is 5.26 Å². The number of hydrogen-bond acceptors (Lipinski definition) is 2. The molecule has 0 unspecified atom stereocenters. The quantitative estimate of drug-likeness (QED) is 0.536. The maximum atomic E-state index is 12.5. The first-order valence-corrected chi connectivity index (χ1v) is 6.70. The molecule has 0 aliphatic heterocycles. The number of hydrogen-bond donors (Lipinski definition) is 0. The minimum absolute atomic E-state index is 0.0766. The van der Waals surface area contributed by atoms with Gasteiger partial charge in [-0.1, -0.05) is 24.3 Å². The van der Waals surface area contributed by atoms with Gasteiger partial charge < -0.3 is 4.57 Å². The number of benzene rings is 2. The second kappa shape index (κ2) is 5.18. The molecule has 0 saturated heterocycles. The van der Waals surface area contributed by atoms with Crippen LogP contribution in [0.2, 0.25) is 0 Å². The highest BCUT2D eigenvalue weighted by Gasteiger charge is 2.09. The molecule has 3 nitrogen and oxygen atoms in total. The molecule has 0 saturated carbocycles. The Balaban J connectivity index is 2.35. The van der Waals surface area contributed by atoms with Crippen molar-refractivity contribution in [2.75, 3.05) is 0 Å². The van der Waals surface area contributed by atoms with Crippen LogP contribution in [0.4, 0.5) is 0 Å². The molecule has 3 heteroatoms. The van der Waals surface area contributed by atoms with Crippen molar-refractivity contribution in [2.24, 2.45) is 0 Å². The summed E-state index contributed by atoms with van der Waals surface area (Å²) in [6, 6.07) is 17.5. The summed E-state index contributed by atoms with van der Waals surface area (Å²) in [6.07, 6.45) is 1.31. The molecule has 98 valence electrons. The van der Waals surface area contributed by atoms with Crippen molar-refractivity contribution in [1.29, 1.82) is 5.26 Å². The molecule has 2 aromatic carbocycles. The van der Waals surface area contributed by atoms with Gasteiger partial charge in [0.2, 0.25) is 0 Å². The van der Waals surface area contributed by atoms with E-state index >= 15 is 0 Å². The lowest BCUT2D eigenvalue weighted by atomic mass is 10.1. The smallest absolute Gasteiger partial charge is 0.197 e. The standard InChI is InChI=1S/C17H14N2O/c18-11-5-6-12-19-15-9-3-1-7-13(15)17(20)14-8-2-4-10-16(14)19/h1-4,7-10H,5-6,12H2. The Labute approximate surface area is 116 Å². The summed E-state index contributed by atoms with van der Waals surface area (Å²) in [7, 11) is 0. The van der Waals surface area contributed by atoms with Crippen molar-refractivity contribution in [3.8, 4) is 6.07 Å². The molecule has 0 spiro atoms. The zero-order valence-corrected chi connectivity index (χ0v) is 11.0. The van der Waals surface area contributed by atoms with E-state index in [0.717, 1.165) is 34.8 Å². The van der Waals surface area contributed by atoms with E-state index in [1.54, 1.807) is 0 Å². The topological polar surface area (TPSA) is 45.8 Å². The van der Waals surface area contributed by atoms with Gasteiger partial charge in [0.15, 0.2) is 5.43 Å². The summed E-state index contributed by atoms with van der Waals surface area (Å²) < 4.78 is 2.14. The number of unbranched alkanes of at least 4 members (excludes halogenated alkanes) is 1. The number of nitriles is 1. The van der Waals surface area contributed by atoms with Gasteiger partial charge in [0.25, 0.3) is 0 Å². The predicted octanol–water partition coefficient (Wildman–Crippen LogP) is 3.46. The Bertz CT molecular complexity index is 811. The third-order valence-electron chi connectivity index (χ3n) is 3.55. The second-order valence-corrected chi connectivity index (χ2v) is 4.78. The Morgan fingerprint density at radius 2 is 1.50 bits per heavy atom. The van der Waals surface area contributed by atoms with Crippen LogP contribution in [0.15, 0.2) is 53.3 Å². The van der Waals surface area contributed by atoms with Gasteiger partial charge in [0.05, 0.1) is 17.1 Å². The zero-order chi connectivity index (χ0) is 13.9. The first kappa shape index (κ1) is 12.4. The predicted molar refractivity (Wildman–Crippen MR) is 80.6 cm³/mol. The van der Waals surface area contributed by atoms with Crippen LogP contribution in [0.1, 0.15) is 12.8 Å². The van der Waals surface area contributed by atoms with Crippen molar-refractivity contribution in [3.05, 3.63) is 58.8 Å². The number of rotatable bonds is 3. The van der Waals surface area contributed by atoms with Crippen molar-refractivity contribution >= 4 is 21.8 Å². The third-order valence-corrected chi connectivity index (χ3v) is 3.55. The molecule has 0 aliphatic carbocycles. The molecular formula is C17H14N2O. The van der Waals surface area contributed by atoms with Crippen LogP contribution >= 0.6 is 0 Å². The summed E-state index contributed by atoms with van der Waals surface area (Å²) in [6.45, 7) is 0.745. The molecule has 0 atom stereocenters. The number of fused-ring (bicyclic) bond motifs is 2. The van der Waals surface area contributed by atoms with Crippen molar-refractivity contribution < 1.29 is 0 Å². The zero-order valence-electron chi connectivity index (χ0n) is 11.0. The SMILES string of the molecule is N#CCCCn1c2ccccc2c(=O)c2ccccc21. The average Bonchev–Trinajstić information content (AvgIpc) is 2.51. The molecule has 1 aromatic heterocycles. The first-order chi connectivity index (χ1) is 9.83. The third kappa shape index (κ3) is 1.96. The highest BCUT2D eigenvalue weighted by Crippen LogP contribution is 2.19. The van der Waals surface area contributed by atoms with Crippen LogP contribution in [-0.4, -0.2) is 4.57 Å². The fourth-order valence-corrected chi connectivity index (χ4v) is 2.63. The van der Waals surface area contributed by atoms with Crippen LogP contribution in [0.5, 0.6) is 0 Å². The van der Waals surface area contributed by atoms with E-state index < -0.39 is 0 Å². The molecule has 20 heavy (non-hydrogen) atoms. The molecule has 0 bridgehead atoms. The van der Waals surface area contributed by atoms with Crippen molar-refractivity contribution in [1.82, 2.24) is 4.57 Å². The maximum Gasteiger partial charge on any atom is 0.197 e. The van der Waals surface area contributed by atoms with Crippen LogP contribution in [0, 0.1) is 11.3 Å². The van der Waals surface area contributed by atoms with Crippen LogP contribution < -0.4 is 5.43 Å². The van der Waals surface area contributed by atoms with E-state index in [0.29, 0.717) is 6.42 Å². The normalized spacial score (nSPS) is 10.8. The largest absolute Gasteiger partial charge is 0.340 e. The van der Waals surface area contributed by atoms with Gasteiger partial charge in [0.1, 0.15) is 0 Å². The van der Waals surface area contributed by atoms with Crippen LogP contribution in [0.3, 0.4) is 0 Å². The second-order valence-electron chi connectivity index (χ2n) is 4.78. The number of pyridine rings is 1. The molecular weight excluding hydrogens is 248 g/mol. The molecule has 3 rings (SSSR count). The molecule has 0 aliphatic rings. The van der Waals surface area contributed by atoms with Crippen LogP contribution in [-0.2, 0) is 6.54 Å². The summed E-state index contributed by atoms with van der Waals surface area (Å²) >= 11 is 0. The van der Waals surface area contributed by atoms with Gasteiger partial charge in [-0.2, -0.15) is 5.26 Å². The number of aryl methyl sites for hydroxylation is 1. The van der Waals surface area contributed by atoms with Crippen LogP contribution in [0.25, 0.3) is 21.8 Å². The minimum atomic E-state index is 0.0766. The minimum Gasteiger partial charge on any atom is -0.340 e. The van der Waals surface area contributed by atoms with Crippen molar-refractivity contribution in [3.63, 3.8) is 0 Å². The Morgan fingerprint density at radius 1 is 0.950 bits per heavy atom. The van der Waals surface area contributed by atoms with E-state index in [1.807, 2.05) is 48.5 Å². The molecule has 0 N–H and O–H groups in total. The average molecular weight is 262 g/mol. The monoisotopic (exact) mass is 262 g/mol. The molecule has 0 radical (unpaired) electrons. The molecule has 3 aromatic rings. The summed E-state index contributed by atoms with van der Waals surface area (Å²) in [4.78, 5) is 12.5. The number of aromatic nitrogens is 1. The fourth-order valence-electron chi connectivity index (χ4n) is 2.63. The Morgan fingerprint density at radius 3 is 2.05 bits per heavy atom. The van der Waals surface area contributed by atoms with Gasteiger partial charge in [-0.15, -0.1) is 0 Å². The summed E-state index contributed by atoms with van der Waals surface area (Å²) in [5, 5.41) is 10.2. The van der Waals surface area contributed by atoms with E-state index in [-0.39, 0.29) is 5.43 Å². The summed E-state index contributed by atoms with van der Waals surface area (Å²) in [5.41, 5.74) is 1.95.